The van der Waals surface area contributed by atoms with Gasteiger partial charge in [-0.05, 0) is 48.7 Å². The van der Waals surface area contributed by atoms with Crippen LogP contribution in [-0.2, 0) is 12.4 Å². The number of benzene rings is 2. The Morgan fingerprint density at radius 3 is 2.14 bits per heavy atom. The summed E-state index contributed by atoms with van der Waals surface area (Å²) in [5, 5.41) is 8.94. The minimum absolute atomic E-state index is 0.00943. The van der Waals surface area contributed by atoms with E-state index < -0.39 is 41.2 Å². The van der Waals surface area contributed by atoms with Crippen molar-refractivity contribution >= 4 is 6.21 Å². The minimum Gasteiger partial charge on any atom is -0.493 e. The molecular formula is C25H24F6N2O2. The highest BCUT2D eigenvalue weighted by atomic mass is 19.4. The third kappa shape index (κ3) is 6.68. The maximum atomic E-state index is 13.6. The molecule has 35 heavy (non-hydrogen) atoms. The first kappa shape index (κ1) is 26.4. The Morgan fingerprint density at radius 2 is 1.60 bits per heavy atom. The molecule has 0 radical (unpaired) electrons. The molecule has 3 rings (SSSR count). The molecular weight excluding hydrogens is 474 g/mol. The van der Waals surface area contributed by atoms with E-state index in [0.29, 0.717) is 19.3 Å². The molecule has 0 aromatic heterocycles. The van der Waals surface area contributed by atoms with E-state index in [2.05, 4.69) is 4.99 Å². The molecule has 0 N–H and O–H groups in total. The number of hydrogen-bond acceptors (Lipinski definition) is 4. The van der Waals surface area contributed by atoms with Crippen molar-refractivity contribution in [3.8, 4) is 17.6 Å². The molecule has 0 saturated carbocycles. The first-order valence-corrected chi connectivity index (χ1v) is 11.1. The summed E-state index contributed by atoms with van der Waals surface area (Å²) < 4.78 is 92.0. The van der Waals surface area contributed by atoms with Gasteiger partial charge < -0.3 is 9.47 Å². The van der Waals surface area contributed by atoms with E-state index in [-0.39, 0.29) is 29.6 Å². The van der Waals surface area contributed by atoms with Gasteiger partial charge in [-0.25, -0.2) is 0 Å². The van der Waals surface area contributed by atoms with Crippen LogP contribution in [0.2, 0.25) is 0 Å². The highest BCUT2D eigenvalue weighted by Crippen LogP contribution is 2.40. The summed E-state index contributed by atoms with van der Waals surface area (Å²) in [6.45, 7) is 3.73. The van der Waals surface area contributed by atoms with Gasteiger partial charge in [-0.3, -0.25) is 4.99 Å². The highest BCUT2D eigenvalue weighted by molar-refractivity contribution is 5.80. The van der Waals surface area contributed by atoms with Crippen molar-refractivity contribution in [2.24, 2.45) is 10.9 Å². The number of nitriles is 1. The van der Waals surface area contributed by atoms with Crippen LogP contribution in [0.15, 0.2) is 41.4 Å². The predicted octanol–water partition coefficient (Wildman–Crippen LogP) is 7.37. The van der Waals surface area contributed by atoms with Crippen LogP contribution < -0.4 is 9.47 Å². The first-order chi connectivity index (χ1) is 16.5. The zero-order chi connectivity index (χ0) is 25.8. The van der Waals surface area contributed by atoms with Crippen molar-refractivity contribution in [1.29, 1.82) is 5.26 Å². The van der Waals surface area contributed by atoms with Gasteiger partial charge in [-0.2, -0.15) is 31.6 Å². The van der Waals surface area contributed by atoms with Crippen LogP contribution in [-0.4, -0.2) is 18.9 Å². The van der Waals surface area contributed by atoms with E-state index in [4.69, 9.17) is 14.7 Å². The monoisotopic (exact) mass is 498 g/mol. The summed E-state index contributed by atoms with van der Waals surface area (Å²) in [5.74, 6) is -0.310. The number of halogens is 6. The van der Waals surface area contributed by atoms with Gasteiger partial charge in [-0.1, -0.05) is 26.3 Å². The standard InChI is InChI=1S/C25H24F6N2O2/c1-3-5-23(35-18-8-9-19(22-13-33-22)21(11-18)25(29,30)31)15(4-2)14-34-17-7-6-16(12-32)20(10-17)24(26,27)28/h6-11,13,15,22-23H,3-5,14H2,1-2H3. The second-order valence-corrected chi connectivity index (χ2v) is 8.23. The van der Waals surface area contributed by atoms with Crippen molar-refractivity contribution in [1.82, 2.24) is 0 Å². The van der Waals surface area contributed by atoms with E-state index >= 15 is 0 Å². The highest BCUT2D eigenvalue weighted by Gasteiger charge is 2.38. The van der Waals surface area contributed by atoms with E-state index in [0.717, 1.165) is 18.2 Å². The van der Waals surface area contributed by atoms with Crippen molar-refractivity contribution < 1.29 is 35.8 Å². The number of aliphatic imine (C=N–C) groups is 1. The Kier molecular flexibility index (Phi) is 7.98. The summed E-state index contributed by atoms with van der Waals surface area (Å²) >= 11 is 0. The molecule has 0 amide bonds. The normalized spacial score (nSPS) is 16.9. The molecule has 0 spiro atoms. The lowest BCUT2D eigenvalue weighted by Gasteiger charge is -2.28. The van der Waals surface area contributed by atoms with Gasteiger partial charge in [0.2, 0.25) is 0 Å². The lowest BCUT2D eigenvalue weighted by molar-refractivity contribution is -0.139. The van der Waals surface area contributed by atoms with Crippen molar-refractivity contribution in [2.45, 2.75) is 57.6 Å². The van der Waals surface area contributed by atoms with Gasteiger partial charge in [0.1, 0.15) is 23.6 Å². The lowest BCUT2D eigenvalue weighted by Crippen LogP contribution is -2.31. The molecule has 0 saturated heterocycles. The Morgan fingerprint density at radius 1 is 0.971 bits per heavy atom. The Labute approximate surface area is 199 Å². The van der Waals surface area contributed by atoms with Gasteiger partial charge in [-0.15, -0.1) is 0 Å². The molecule has 3 unspecified atom stereocenters. The first-order valence-electron chi connectivity index (χ1n) is 11.1. The maximum Gasteiger partial charge on any atom is 0.417 e. The summed E-state index contributed by atoms with van der Waals surface area (Å²) in [6, 6.07) is 7.83. The summed E-state index contributed by atoms with van der Waals surface area (Å²) in [7, 11) is 0. The van der Waals surface area contributed by atoms with Crippen molar-refractivity contribution in [3.05, 3.63) is 58.7 Å². The van der Waals surface area contributed by atoms with Crippen LogP contribution in [0.5, 0.6) is 11.5 Å². The Hall–Kier alpha value is -3.22. The molecule has 3 atom stereocenters. The minimum atomic E-state index is -4.71. The number of nitrogens with zero attached hydrogens (tertiary/aromatic N) is 2. The fourth-order valence-corrected chi connectivity index (χ4v) is 3.80. The molecule has 2 aromatic rings. The Balaban J connectivity index is 1.77. The number of rotatable bonds is 10. The zero-order valence-electron chi connectivity index (χ0n) is 19.1. The van der Waals surface area contributed by atoms with Gasteiger partial charge in [0.05, 0.1) is 29.4 Å². The van der Waals surface area contributed by atoms with Gasteiger partial charge in [0.25, 0.3) is 0 Å². The van der Waals surface area contributed by atoms with Gasteiger partial charge in [0.15, 0.2) is 0 Å². The molecule has 188 valence electrons. The summed E-state index contributed by atoms with van der Waals surface area (Å²) in [6.07, 6.45) is -6.66. The van der Waals surface area contributed by atoms with E-state index in [1.54, 1.807) is 0 Å². The fraction of sp³-hybridized carbons (Fsp3) is 0.440. The van der Waals surface area contributed by atoms with Crippen LogP contribution in [0.4, 0.5) is 26.3 Å². The molecule has 4 nitrogen and oxygen atoms in total. The molecule has 0 fully saturated rings. The second-order valence-electron chi connectivity index (χ2n) is 8.23. The molecule has 1 aliphatic heterocycles. The van der Waals surface area contributed by atoms with E-state index in [9.17, 15) is 26.3 Å². The van der Waals surface area contributed by atoms with Gasteiger partial charge in [0, 0.05) is 12.1 Å². The smallest absolute Gasteiger partial charge is 0.417 e. The average Bonchev–Trinajstić information content (AvgIpc) is 3.63. The quantitative estimate of drug-likeness (QED) is 0.321. The van der Waals surface area contributed by atoms with Gasteiger partial charge >= 0.3 is 12.4 Å². The Bertz CT molecular complexity index is 1100. The second kappa shape index (κ2) is 10.6. The van der Waals surface area contributed by atoms with Crippen LogP contribution >= 0.6 is 0 Å². The van der Waals surface area contributed by atoms with Crippen molar-refractivity contribution in [3.63, 3.8) is 0 Å². The zero-order valence-corrected chi connectivity index (χ0v) is 19.1. The summed E-state index contributed by atoms with van der Waals surface area (Å²) in [5.41, 5.74) is -2.35. The van der Waals surface area contributed by atoms with Crippen molar-refractivity contribution in [2.75, 3.05) is 6.61 Å². The number of hydrogen-bond donors (Lipinski definition) is 0. The fourth-order valence-electron chi connectivity index (χ4n) is 3.80. The lowest BCUT2D eigenvalue weighted by atomic mass is 9.96. The van der Waals surface area contributed by atoms with Crippen LogP contribution in [0, 0.1) is 17.2 Å². The average molecular weight is 498 g/mol. The topological polar surface area (TPSA) is 54.6 Å². The third-order valence-corrected chi connectivity index (χ3v) is 5.74. The van der Waals surface area contributed by atoms with Crippen LogP contribution in [0.3, 0.4) is 0 Å². The van der Waals surface area contributed by atoms with Crippen LogP contribution in [0.25, 0.3) is 0 Å². The van der Waals surface area contributed by atoms with E-state index in [1.165, 1.54) is 30.5 Å². The molecule has 1 aliphatic rings. The molecule has 2 aromatic carbocycles. The molecule has 0 bridgehead atoms. The third-order valence-electron chi connectivity index (χ3n) is 5.74. The molecule has 0 aliphatic carbocycles. The molecule has 10 heteroatoms. The maximum absolute atomic E-state index is 13.6. The molecule has 1 heterocycles. The SMILES string of the molecule is CCCC(Oc1ccc(C2C=N2)c(C(F)(F)F)c1)C(CC)COc1ccc(C#N)c(C(F)(F)F)c1. The largest absolute Gasteiger partial charge is 0.493 e. The number of alkyl halides is 6. The predicted molar refractivity (Wildman–Crippen MR) is 117 cm³/mol. The van der Waals surface area contributed by atoms with Crippen LogP contribution in [0.1, 0.15) is 61.4 Å². The number of ether oxygens (including phenoxy) is 2. The van der Waals surface area contributed by atoms with E-state index in [1.807, 2.05) is 13.8 Å². The summed E-state index contributed by atoms with van der Waals surface area (Å²) in [4.78, 5) is 3.82.